The standard InChI is InChI=1S/C22H32O5/c1-12-8-16-15-5-4-13-9-14(24)6-7-19(13,2)22(15)18(27-22)10-20(16,3)21(12,26)17(25)11-23/h12-13,15-16,18,23,26H,4-11H2,1-3H3/t12-,13-,15-,16-,18?,19-,20-,21-,22-/m0/s1. The highest BCUT2D eigenvalue weighted by molar-refractivity contribution is 5.90. The molecule has 4 saturated carbocycles. The van der Waals surface area contributed by atoms with Crippen molar-refractivity contribution < 1.29 is 24.5 Å². The van der Waals surface area contributed by atoms with Crippen molar-refractivity contribution in [3.05, 3.63) is 0 Å². The van der Waals surface area contributed by atoms with Crippen molar-refractivity contribution in [1.82, 2.24) is 0 Å². The molecule has 1 aliphatic heterocycles. The number of carbonyl (C=O) groups excluding carboxylic acids is 2. The van der Waals surface area contributed by atoms with Gasteiger partial charge in [-0.1, -0.05) is 20.8 Å². The lowest BCUT2D eigenvalue weighted by Crippen LogP contribution is -2.64. The van der Waals surface area contributed by atoms with Gasteiger partial charge in [0.05, 0.1) is 6.10 Å². The van der Waals surface area contributed by atoms with Gasteiger partial charge >= 0.3 is 0 Å². The SMILES string of the molecule is C[C@H]1C[C@H]2[C@@H]3CC[C@H]4CC(=O)CC[C@]4(C)[C@]34OC4C[C@]2(C)[C@@]1(O)C(=O)CO. The van der Waals surface area contributed by atoms with E-state index >= 15 is 0 Å². The second kappa shape index (κ2) is 5.22. The van der Waals surface area contributed by atoms with E-state index in [2.05, 4.69) is 13.8 Å². The predicted octanol–water partition coefficient (Wildman–Crippen LogP) is 2.27. The highest BCUT2D eigenvalue weighted by Crippen LogP contribution is 2.77. The number of aliphatic hydroxyl groups excluding tert-OH is 1. The Morgan fingerprint density at radius 2 is 1.96 bits per heavy atom. The van der Waals surface area contributed by atoms with E-state index in [1.165, 1.54) is 0 Å². The summed E-state index contributed by atoms with van der Waals surface area (Å²) in [5.74, 6) is 0.765. The molecule has 0 radical (unpaired) electrons. The van der Waals surface area contributed by atoms with Crippen LogP contribution in [0.15, 0.2) is 0 Å². The van der Waals surface area contributed by atoms with E-state index in [1.54, 1.807) is 0 Å². The molecule has 0 bridgehead atoms. The Morgan fingerprint density at radius 3 is 2.67 bits per heavy atom. The number of epoxide rings is 1. The fraction of sp³-hybridized carbons (Fsp3) is 0.909. The van der Waals surface area contributed by atoms with Gasteiger partial charge in [0.1, 0.15) is 23.6 Å². The quantitative estimate of drug-likeness (QED) is 0.722. The maximum absolute atomic E-state index is 12.6. The molecule has 0 aromatic rings. The maximum Gasteiger partial charge on any atom is 0.190 e. The largest absolute Gasteiger partial charge is 0.388 e. The molecule has 2 N–H and O–H groups in total. The zero-order valence-electron chi connectivity index (χ0n) is 16.7. The first-order valence-electron chi connectivity index (χ1n) is 10.7. The van der Waals surface area contributed by atoms with Crippen molar-refractivity contribution in [1.29, 1.82) is 0 Å². The van der Waals surface area contributed by atoms with Gasteiger partial charge in [0.2, 0.25) is 0 Å². The van der Waals surface area contributed by atoms with Gasteiger partial charge in [-0.3, -0.25) is 9.59 Å². The lowest BCUT2D eigenvalue weighted by Gasteiger charge is -2.58. The summed E-state index contributed by atoms with van der Waals surface area (Å²) in [6.45, 7) is 5.75. The Labute approximate surface area is 160 Å². The summed E-state index contributed by atoms with van der Waals surface area (Å²) in [5.41, 5.74) is -2.16. The number of hydrogen-bond donors (Lipinski definition) is 2. The van der Waals surface area contributed by atoms with Gasteiger partial charge in [-0.2, -0.15) is 0 Å². The van der Waals surface area contributed by atoms with Crippen molar-refractivity contribution in [3.8, 4) is 0 Å². The molecule has 1 spiro atoms. The maximum atomic E-state index is 12.6. The summed E-state index contributed by atoms with van der Waals surface area (Å²) in [6, 6.07) is 0. The molecule has 5 aliphatic rings. The molecular formula is C22H32O5. The van der Waals surface area contributed by atoms with Crippen molar-refractivity contribution >= 4 is 11.6 Å². The Balaban J connectivity index is 1.56. The summed E-state index contributed by atoms with van der Waals surface area (Å²) in [6.07, 6.45) is 5.85. The first kappa shape index (κ1) is 18.3. The first-order chi connectivity index (χ1) is 12.6. The Kier molecular flexibility index (Phi) is 3.53. The number of aliphatic hydroxyl groups is 2. The smallest absolute Gasteiger partial charge is 0.190 e. The van der Waals surface area contributed by atoms with Crippen LogP contribution < -0.4 is 0 Å². The zero-order chi connectivity index (χ0) is 19.4. The summed E-state index contributed by atoms with van der Waals surface area (Å²) in [4.78, 5) is 24.7. The normalized spacial score (nSPS) is 58.7. The van der Waals surface area contributed by atoms with E-state index in [4.69, 9.17) is 4.74 Å². The van der Waals surface area contributed by atoms with Crippen LogP contribution in [0.4, 0.5) is 0 Å². The Bertz CT molecular complexity index is 719. The molecule has 27 heavy (non-hydrogen) atoms. The van der Waals surface area contributed by atoms with Crippen molar-refractivity contribution in [2.75, 3.05) is 6.61 Å². The van der Waals surface area contributed by atoms with E-state index in [9.17, 15) is 19.8 Å². The molecule has 4 aliphatic carbocycles. The van der Waals surface area contributed by atoms with E-state index in [1.807, 2.05) is 6.92 Å². The third kappa shape index (κ3) is 1.83. The molecule has 1 unspecified atom stereocenters. The molecule has 1 saturated heterocycles. The molecular weight excluding hydrogens is 344 g/mol. The summed E-state index contributed by atoms with van der Waals surface area (Å²) in [7, 11) is 0. The molecule has 0 aromatic carbocycles. The fourth-order valence-corrected chi connectivity index (χ4v) is 8.55. The molecule has 150 valence electrons. The van der Waals surface area contributed by atoms with Crippen LogP contribution in [0.2, 0.25) is 0 Å². The molecule has 5 nitrogen and oxygen atoms in total. The number of Topliss-reactive ketones (excluding diaryl/α,β-unsaturated/α-hetero) is 2. The van der Waals surface area contributed by atoms with Crippen LogP contribution in [0, 0.1) is 34.5 Å². The van der Waals surface area contributed by atoms with Gasteiger partial charge in [-0.15, -0.1) is 0 Å². The van der Waals surface area contributed by atoms with Crippen LogP contribution in [0.3, 0.4) is 0 Å². The topological polar surface area (TPSA) is 87.1 Å². The van der Waals surface area contributed by atoms with Crippen LogP contribution in [0.1, 0.15) is 65.7 Å². The summed E-state index contributed by atoms with van der Waals surface area (Å²) >= 11 is 0. The highest BCUT2D eigenvalue weighted by atomic mass is 16.6. The van der Waals surface area contributed by atoms with E-state index in [0.29, 0.717) is 36.9 Å². The van der Waals surface area contributed by atoms with Gasteiger partial charge in [0.15, 0.2) is 5.78 Å². The average Bonchev–Trinajstić information content (AvgIpc) is 3.31. The minimum Gasteiger partial charge on any atom is -0.388 e. The molecule has 5 heteroatoms. The molecule has 0 aromatic heterocycles. The number of ketones is 2. The van der Waals surface area contributed by atoms with Crippen LogP contribution >= 0.6 is 0 Å². The number of ether oxygens (including phenoxy) is 1. The summed E-state index contributed by atoms with van der Waals surface area (Å²) < 4.78 is 6.52. The van der Waals surface area contributed by atoms with Crippen LogP contribution in [0.25, 0.3) is 0 Å². The first-order valence-corrected chi connectivity index (χ1v) is 10.7. The zero-order valence-corrected chi connectivity index (χ0v) is 16.7. The second-order valence-electron chi connectivity index (χ2n) is 10.7. The number of carbonyl (C=O) groups is 2. The molecule has 1 heterocycles. The third-order valence-corrected chi connectivity index (χ3v) is 10.00. The van der Waals surface area contributed by atoms with E-state index in [-0.39, 0.29) is 29.0 Å². The average molecular weight is 376 g/mol. The predicted molar refractivity (Wildman–Crippen MR) is 97.8 cm³/mol. The molecule has 9 atom stereocenters. The third-order valence-electron chi connectivity index (χ3n) is 10.00. The van der Waals surface area contributed by atoms with Crippen LogP contribution in [-0.2, 0) is 14.3 Å². The highest BCUT2D eigenvalue weighted by Gasteiger charge is 2.82. The lowest BCUT2D eigenvalue weighted by atomic mass is 9.44. The number of rotatable bonds is 2. The number of hydrogen-bond acceptors (Lipinski definition) is 5. The van der Waals surface area contributed by atoms with E-state index < -0.39 is 23.4 Å². The van der Waals surface area contributed by atoms with Gasteiger partial charge in [-0.05, 0) is 55.8 Å². The molecule has 0 amide bonds. The fourth-order valence-electron chi connectivity index (χ4n) is 8.55. The van der Waals surface area contributed by atoms with Gasteiger partial charge in [0, 0.05) is 23.7 Å². The van der Waals surface area contributed by atoms with Gasteiger partial charge in [0.25, 0.3) is 0 Å². The Morgan fingerprint density at radius 1 is 1.22 bits per heavy atom. The second-order valence-corrected chi connectivity index (χ2v) is 10.7. The van der Waals surface area contributed by atoms with Gasteiger partial charge < -0.3 is 14.9 Å². The summed E-state index contributed by atoms with van der Waals surface area (Å²) in [5, 5.41) is 21.1. The minimum absolute atomic E-state index is 0.0285. The minimum atomic E-state index is -1.47. The van der Waals surface area contributed by atoms with Crippen molar-refractivity contribution in [3.63, 3.8) is 0 Å². The number of fused-ring (bicyclic) bond motifs is 3. The van der Waals surface area contributed by atoms with Crippen molar-refractivity contribution in [2.24, 2.45) is 34.5 Å². The Hall–Kier alpha value is -0.780. The van der Waals surface area contributed by atoms with Crippen LogP contribution in [0.5, 0.6) is 0 Å². The lowest BCUT2D eigenvalue weighted by molar-refractivity contribution is -0.170. The van der Waals surface area contributed by atoms with Gasteiger partial charge in [-0.25, -0.2) is 0 Å². The van der Waals surface area contributed by atoms with Crippen molar-refractivity contribution in [2.45, 2.75) is 83.0 Å². The van der Waals surface area contributed by atoms with Crippen LogP contribution in [-0.4, -0.2) is 45.7 Å². The molecule has 5 rings (SSSR count). The monoisotopic (exact) mass is 376 g/mol. The molecule has 5 fully saturated rings. The van der Waals surface area contributed by atoms with E-state index in [0.717, 1.165) is 25.7 Å².